The molecule has 130 valence electrons. The maximum atomic E-state index is 12.7. The lowest BCUT2D eigenvalue weighted by molar-refractivity contribution is -0.136. The first-order chi connectivity index (χ1) is 12.2. The number of nitrogens with zero attached hydrogens (tertiary/aromatic N) is 2. The molecule has 3 heterocycles. The Morgan fingerprint density at radius 1 is 1.36 bits per heavy atom. The molecule has 0 bridgehead atoms. The number of thiazole rings is 1. The molecule has 0 fully saturated rings. The third-order valence-corrected chi connectivity index (χ3v) is 5.66. The van der Waals surface area contributed by atoms with Crippen molar-refractivity contribution in [2.45, 2.75) is 32.2 Å². The first-order valence-corrected chi connectivity index (χ1v) is 9.28. The van der Waals surface area contributed by atoms with Crippen molar-refractivity contribution in [1.29, 1.82) is 0 Å². The molecule has 0 spiro atoms. The van der Waals surface area contributed by atoms with Crippen molar-refractivity contribution in [3.05, 3.63) is 46.9 Å². The normalized spacial score (nSPS) is 19.5. The van der Waals surface area contributed by atoms with Crippen LogP contribution < -0.4 is 5.32 Å². The molecule has 25 heavy (non-hydrogen) atoms. The Balaban J connectivity index is 1.43. The molecule has 2 aromatic heterocycles. The van der Waals surface area contributed by atoms with Crippen LogP contribution in [0.2, 0.25) is 0 Å². The summed E-state index contributed by atoms with van der Waals surface area (Å²) in [7, 11) is 0. The van der Waals surface area contributed by atoms with Crippen LogP contribution in [0, 0.1) is 5.92 Å². The molecule has 1 aliphatic heterocycles. The first kappa shape index (κ1) is 16.1. The van der Waals surface area contributed by atoms with Gasteiger partial charge < -0.3 is 9.32 Å². The fourth-order valence-corrected chi connectivity index (χ4v) is 4.29. The van der Waals surface area contributed by atoms with Gasteiger partial charge in [0.05, 0.1) is 24.1 Å². The molecule has 2 amide bonds. The fourth-order valence-electron chi connectivity index (χ4n) is 3.28. The summed E-state index contributed by atoms with van der Waals surface area (Å²) in [5.74, 6) is 0.119. The molecular weight excluding hydrogens is 338 g/mol. The Morgan fingerprint density at radius 3 is 3.04 bits per heavy atom. The molecule has 0 saturated carbocycles. The van der Waals surface area contributed by atoms with Gasteiger partial charge in [0.25, 0.3) is 5.91 Å². The van der Waals surface area contributed by atoms with E-state index in [1.807, 2.05) is 4.90 Å². The van der Waals surface area contributed by atoms with E-state index in [0.717, 1.165) is 36.3 Å². The lowest BCUT2D eigenvalue weighted by Gasteiger charge is -2.30. The number of aromatic nitrogens is 1. The molecule has 2 aliphatic rings. The van der Waals surface area contributed by atoms with Crippen molar-refractivity contribution in [2.75, 3.05) is 11.9 Å². The number of carbonyl (C=O) groups excluding carboxylic acids is 2. The maximum Gasteiger partial charge on any atom is 0.260 e. The molecule has 6 nitrogen and oxygen atoms in total. The molecule has 4 rings (SSSR count). The fraction of sp³-hybridized carbons (Fsp3) is 0.389. The van der Waals surface area contributed by atoms with Crippen LogP contribution in [0.3, 0.4) is 0 Å². The van der Waals surface area contributed by atoms with Gasteiger partial charge in [-0.2, -0.15) is 0 Å². The molecule has 1 atom stereocenters. The van der Waals surface area contributed by atoms with Crippen LogP contribution in [0.5, 0.6) is 0 Å². The van der Waals surface area contributed by atoms with Gasteiger partial charge in [0.15, 0.2) is 5.13 Å². The number of hydrogen-bond acceptors (Lipinski definition) is 5. The highest BCUT2D eigenvalue weighted by molar-refractivity contribution is 7.15. The Bertz CT molecular complexity index is 810. The number of amides is 2. The van der Waals surface area contributed by atoms with E-state index >= 15 is 0 Å². The minimum atomic E-state index is -0.234. The van der Waals surface area contributed by atoms with Gasteiger partial charge in [-0.15, -0.1) is 0 Å². The largest absolute Gasteiger partial charge is 0.472 e. The minimum Gasteiger partial charge on any atom is -0.472 e. The van der Waals surface area contributed by atoms with Gasteiger partial charge in [-0.1, -0.05) is 23.5 Å². The average molecular weight is 357 g/mol. The highest BCUT2D eigenvalue weighted by Crippen LogP contribution is 2.30. The summed E-state index contributed by atoms with van der Waals surface area (Å²) < 4.78 is 4.93. The number of furan rings is 1. The first-order valence-electron chi connectivity index (χ1n) is 8.46. The number of nitrogens with one attached hydrogen (secondary N) is 1. The SMILES string of the molecule is O=C(Nc1nc2c(s1)CN(C(=O)[C@H]1CC=CCC1)CC2)c1ccoc1. The molecular formula is C18H19N3O3S. The smallest absolute Gasteiger partial charge is 0.260 e. The Hall–Kier alpha value is -2.41. The van der Waals surface area contributed by atoms with Crippen molar-refractivity contribution in [2.24, 2.45) is 5.92 Å². The zero-order valence-electron chi connectivity index (χ0n) is 13.7. The van der Waals surface area contributed by atoms with E-state index in [1.54, 1.807) is 6.07 Å². The second kappa shape index (κ2) is 6.84. The lowest BCUT2D eigenvalue weighted by Crippen LogP contribution is -2.39. The minimum absolute atomic E-state index is 0.111. The lowest BCUT2D eigenvalue weighted by atomic mass is 9.92. The molecule has 7 heteroatoms. The number of rotatable bonds is 3. The highest BCUT2D eigenvalue weighted by atomic mass is 32.1. The van der Waals surface area contributed by atoms with Gasteiger partial charge in [-0.25, -0.2) is 4.98 Å². The van der Waals surface area contributed by atoms with E-state index in [1.165, 1.54) is 23.9 Å². The highest BCUT2D eigenvalue weighted by Gasteiger charge is 2.29. The predicted octanol–water partition coefficient (Wildman–Crippen LogP) is 3.23. The van der Waals surface area contributed by atoms with E-state index in [9.17, 15) is 9.59 Å². The maximum absolute atomic E-state index is 12.7. The summed E-state index contributed by atoms with van der Waals surface area (Å²) in [6.45, 7) is 1.29. The van der Waals surface area contributed by atoms with Crippen LogP contribution >= 0.6 is 11.3 Å². The number of anilines is 1. The summed E-state index contributed by atoms with van der Waals surface area (Å²) in [6, 6.07) is 1.61. The molecule has 1 aliphatic carbocycles. The van der Waals surface area contributed by atoms with Crippen LogP contribution in [0.4, 0.5) is 5.13 Å². The van der Waals surface area contributed by atoms with E-state index in [2.05, 4.69) is 22.5 Å². The second-order valence-electron chi connectivity index (χ2n) is 6.35. The van der Waals surface area contributed by atoms with E-state index < -0.39 is 0 Å². The van der Waals surface area contributed by atoms with E-state index in [0.29, 0.717) is 23.8 Å². The van der Waals surface area contributed by atoms with E-state index in [4.69, 9.17) is 4.42 Å². The summed E-state index contributed by atoms with van der Waals surface area (Å²) in [4.78, 5) is 32.3. The van der Waals surface area contributed by atoms with Gasteiger partial charge in [0.1, 0.15) is 6.26 Å². The molecule has 0 radical (unpaired) electrons. The molecule has 0 unspecified atom stereocenters. The predicted molar refractivity (Wildman–Crippen MR) is 94.4 cm³/mol. The topological polar surface area (TPSA) is 75.4 Å². The summed E-state index contributed by atoms with van der Waals surface area (Å²) >= 11 is 1.45. The van der Waals surface area contributed by atoms with Crippen molar-refractivity contribution < 1.29 is 14.0 Å². The Morgan fingerprint density at radius 2 is 2.28 bits per heavy atom. The summed E-state index contributed by atoms with van der Waals surface area (Å²) in [5, 5.41) is 3.38. The number of fused-ring (bicyclic) bond motifs is 1. The molecule has 0 aromatic carbocycles. The monoisotopic (exact) mass is 357 g/mol. The molecule has 1 N–H and O–H groups in total. The molecule has 2 aromatic rings. The van der Waals surface area contributed by atoms with Crippen molar-refractivity contribution in [3.63, 3.8) is 0 Å². The van der Waals surface area contributed by atoms with Gasteiger partial charge in [0, 0.05) is 23.8 Å². The van der Waals surface area contributed by atoms with Crippen molar-refractivity contribution >= 4 is 28.3 Å². The zero-order valence-corrected chi connectivity index (χ0v) is 14.6. The number of allylic oxidation sites excluding steroid dienone is 2. The third kappa shape index (κ3) is 3.37. The van der Waals surface area contributed by atoms with Crippen LogP contribution in [0.1, 0.15) is 40.2 Å². The van der Waals surface area contributed by atoms with Crippen molar-refractivity contribution in [3.8, 4) is 0 Å². The van der Waals surface area contributed by atoms with Gasteiger partial charge >= 0.3 is 0 Å². The number of carbonyl (C=O) groups is 2. The third-order valence-electron chi connectivity index (χ3n) is 4.67. The van der Waals surface area contributed by atoms with Crippen LogP contribution in [0.15, 0.2) is 35.2 Å². The van der Waals surface area contributed by atoms with Crippen molar-refractivity contribution in [1.82, 2.24) is 9.88 Å². The standard InChI is InChI=1S/C18H19N3O3S/c22-16(13-7-9-24-11-13)20-18-19-14-6-8-21(10-15(14)25-18)17(23)12-4-2-1-3-5-12/h1-2,7,9,11-12H,3-6,8,10H2,(H,19,20,22)/t12-/m0/s1. The molecule has 0 saturated heterocycles. The van der Waals surface area contributed by atoms with Gasteiger partial charge in [-0.3, -0.25) is 14.9 Å². The Kier molecular flexibility index (Phi) is 4.40. The number of hydrogen-bond donors (Lipinski definition) is 1. The quantitative estimate of drug-likeness (QED) is 0.856. The summed E-state index contributed by atoms with van der Waals surface area (Å²) in [5.41, 5.74) is 1.45. The zero-order chi connectivity index (χ0) is 17.2. The van der Waals surface area contributed by atoms with Gasteiger partial charge in [0.2, 0.25) is 5.91 Å². The Labute approximate surface area is 149 Å². The van der Waals surface area contributed by atoms with E-state index in [-0.39, 0.29) is 17.7 Å². The van der Waals surface area contributed by atoms with Crippen LogP contribution in [-0.2, 0) is 17.8 Å². The average Bonchev–Trinajstić information content (AvgIpc) is 3.30. The summed E-state index contributed by atoms with van der Waals surface area (Å²) in [6.07, 6.45) is 10.6. The van der Waals surface area contributed by atoms with Crippen LogP contribution in [0.25, 0.3) is 0 Å². The van der Waals surface area contributed by atoms with Crippen LogP contribution in [-0.4, -0.2) is 28.2 Å². The second-order valence-corrected chi connectivity index (χ2v) is 7.43. The van der Waals surface area contributed by atoms with Gasteiger partial charge in [-0.05, 0) is 25.3 Å².